The third-order valence-electron chi connectivity index (χ3n) is 6.36. The number of nitrogens with one attached hydrogen (secondary N) is 2. The SMILES string of the molecule is CN(Cc1ccccc1)C1(CNC(=O)CC2CCC(=O)N2)Cc2ccccc2C1. The standard InChI is InChI=1S/C24H29N3O2/c1-27(16-18-7-3-2-4-8-18)24(14-19-9-5-6-10-20(19)15-24)17-25-23(29)13-21-11-12-22(28)26-21/h2-10,21H,11-17H2,1H3,(H,25,29)(H,26,28). The Kier molecular flexibility index (Phi) is 5.67. The highest BCUT2D eigenvalue weighted by Gasteiger charge is 2.41. The zero-order valence-corrected chi connectivity index (χ0v) is 17.0. The van der Waals surface area contributed by atoms with Crippen LogP contribution < -0.4 is 10.6 Å². The second-order valence-corrected chi connectivity index (χ2v) is 8.47. The lowest BCUT2D eigenvalue weighted by molar-refractivity contribution is -0.122. The molecule has 2 N–H and O–H groups in total. The Labute approximate surface area is 172 Å². The number of hydrogen-bond acceptors (Lipinski definition) is 3. The summed E-state index contributed by atoms with van der Waals surface area (Å²) in [5.74, 6) is 0.0637. The summed E-state index contributed by atoms with van der Waals surface area (Å²) >= 11 is 0. The smallest absolute Gasteiger partial charge is 0.222 e. The largest absolute Gasteiger partial charge is 0.354 e. The maximum atomic E-state index is 12.6. The molecule has 5 heteroatoms. The van der Waals surface area contributed by atoms with Gasteiger partial charge in [0.2, 0.25) is 11.8 Å². The van der Waals surface area contributed by atoms with Gasteiger partial charge in [0.1, 0.15) is 0 Å². The highest BCUT2D eigenvalue weighted by molar-refractivity contribution is 5.81. The molecule has 1 heterocycles. The molecule has 152 valence electrons. The van der Waals surface area contributed by atoms with E-state index in [0.29, 0.717) is 19.4 Å². The normalized spacial score (nSPS) is 19.8. The molecular weight excluding hydrogens is 362 g/mol. The summed E-state index contributed by atoms with van der Waals surface area (Å²) in [4.78, 5) is 26.4. The van der Waals surface area contributed by atoms with E-state index in [-0.39, 0.29) is 23.4 Å². The first kappa shape index (κ1) is 19.6. The quantitative estimate of drug-likeness (QED) is 0.762. The highest BCUT2D eigenvalue weighted by atomic mass is 16.2. The van der Waals surface area contributed by atoms with Crippen LogP contribution in [0, 0.1) is 0 Å². The van der Waals surface area contributed by atoms with Crippen LogP contribution in [-0.4, -0.2) is 41.9 Å². The topological polar surface area (TPSA) is 61.4 Å². The molecule has 1 aliphatic heterocycles. The molecule has 2 aromatic carbocycles. The average molecular weight is 392 g/mol. The first-order chi connectivity index (χ1) is 14.0. The number of rotatable bonds is 7. The number of benzene rings is 2. The molecule has 2 aromatic rings. The zero-order chi connectivity index (χ0) is 20.3. The maximum absolute atomic E-state index is 12.6. The third kappa shape index (κ3) is 4.51. The Balaban J connectivity index is 1.45. The van der Waals surface area contributed by atoms with Crippen LogP contribution in [0.2, 0.25) is 0 Å². The molecule has 0 spiro atoms. The van der Waals surface area contributed by atoms with Crippen LogP contribution in [0.1, 0.15) is 36.0 Å². The van der Waals surface area contributed by atoms with Crippen molar-refractivity contribution in [3.8, 4) is 0 Å². The van der Waals surface area contributed by atoms with Gasteiger partial charge in [0.05, 0.1) is 0 Å². The fourth-order valence-electron chi connectivity index (χ4n) is 4.62. The van der Waals surface area contributed by atoms with E-state index in [2.05, 4.69) is 71.1 Å². The Morgan fingerprint density at radius 1 is 1.10 bits per heavy atom. The van der Waals surface area contributed by atoms with Crippen molar-refractivity contribution >= 4 is 11.8 Å². The molecule has 1 fully saturated rings. The fraction of sp³-hybridized carbons (Fsp3) is 0.417. The van der Waals surface area contributed by atoms with Crippen molar-refractivity contribution in [1.29, 1.82) is 0 Å². The van der Waals surface area contributed by atoms with Crippen molar-refractivity contribution in [2.24, 2.45) is 0 Å². The Morgan fingerprint density at radius 2 is 1.76 bits per heavy atom. The Bertz CT molecular complexity index is 856. The molecule has 0 saturated carbocycles. The van der Waals surface area contributed by atoms with Crippen LogP contribution in [0.4, 0.5) is 0 Å². The van der Waals surface area contributed by atoms with Crippen molar-refractivity contribution in [1.82, 2.24) is 15.5 Å². The van der Waals surface area contributed by atoms with E-state index in [9.17, 15) is 9.59 Å². The molecule has 1 atom stereocenters. The summed E-state index contributed by atoms with van der Waals surface area (Å²) < 4.78 is 0. The van der Waals surface area contributed by atoms with Crippen molar-refractivity contribution in [3.05, 3.63) is 71.3 Å². The molecule has 0 bridgehead atoms. The molecular formula is C24H29N3O2. The number of carbonyl (C=O) groups excluding carboxylic acids is 2. The van der Waals surface area contributed by atoms with E-state index in [1.807, 2.05) is 6.07 Å². The van der Waals surface area contributed by atoms with Gasteiger partial charge in [-0.1, -0.05) is 54.6 Å². The Hall–Kier alpha value is -2.66. The summed E-state index contributed by atoms with van der Waals surface area (Å²) in [6, 6.07) is 19.0. The minimum absolute atomic E-state index is 0.0145. The molecule has 1 unspecified atom stereocenters. The van der Waals surface area contributed by atoms with Gasteiger partial charge in [-0.2, -0.15) is 0 Å². The van der Waals surface area contributed by atoms with Crippen molar-refractivity contribution in [3.63, 3.8) is 0 Å². The second kappa shape index (κ2) is 8.37. The monoisotopic (exact) mass is 391 g/mol. The summed E-state index contributed by atoms with van der Waals surface area (Å²) in [5.41, 5.74) is 3.86. The summed E-state index contributed by atoms with van der Waals surface area (Å²) in [6.45, 7) is 1.44. The van der Waals surface area contributed by atoms with Crippen LogP contribution in [0.5, 0.6) is 0 Å². The van der Waals surface area contributed by atoms with Gasteiger partial charge >= 0.3 is 0 Å². The highest BCUT2D eigenvalue weighted by Crippen LogP contribution is 2.34. The molecule has 0 aromatic heterocycles. The third-order valence-corrected chi connectivity index (χ3v) is 6.36. The maximum Gasteiger partial charge on any atom is 0.222 e. The van der Waals surface area contributed by atoms with Crippen molar-refractivity contribution in [2.75, 3.05) is 13.6 Å². The molecule has 1 aliphatic carbocycles. The van der Waals surface area contributed by atoms with Gasteiger partial charge in [-0.15, -0.1) is 0 Å². The Morgan fingerprint density at radius 3 is 2.38 bits per heavy atom. The first-order valence-corrected chi connectivity index (χ1v) is 10.4. The number of likely N-dealkylation sites (N-methyl/N-ethyl adjacent to an activating group) is 1. The molecule has 2 aliphatic rings. The van der Waals surface area contributed by atoms with E-state index in [0.717, 1.165) is 25.8 Å². The first-order valence-electron chi connectivity index (χ1n) is 10.4. The predicted octanol–water partition coefficient (Wildman–Crippen LogP) is 2.44. The summed E-state index contributed by atoms with van der Waals surface area (Å²) in [5, 5.41) is 6.06. The van der Waals surface area contributed by atoms with Crippen LogP contribution >= 0.6 is 0 Å². The minimum atomic E-state index is -0.145. The number of fused-ring (bicyclic) bond motifs is 1. The van der Waals surface area contributed by atoms with E-state index >= 15 is 0 Å². The van der Waals surface area contributed by atoms with E-state index in [1.165, 1.54) is 16.7 Å². The molecule has 4 rings (SSSR count). The van der Waals surface area contributed by atoms with Gasteiger partial charge in [0.25, 0.3) is 0 Å². The van der Waals surface area contributed by atoms with E-state index in [1.54, 1.807) is 0 Å². The minimum Gasteiger partial charge on any atom is -0.354 e. The van der Waals surface area contributed by atoms with E-state index in [4.69, 9.17) is 0 Å². The lowest BCUT2D eigenvalue weighted by Gasteiger charge is -2.39. The second-order valence-electron chi connectivity index (χ2n) is 8.47. The fourth-order valence-corrected chi connectivity index (χ4v) is 4.62. The molecule has 2 amide bonds. The van der Waals surface area contributed by atoms with Gasteiger partial charge in [-0.05, 0) is 43.0 Å². The molecule has 29 heavy (non-hydrogen) atoms. The van der Waals surface area contributed by atoms with Crippen LogP contribution in [0.25, 0.3) is 0 Å². The van der Waals surface area contributed by atoms with E-state index < -0.39 is 0 Å². The van der Waals surface area contributed by atoms with Crippen LogP contribution in [0.3, 0.4) is 0 Å². The molecule has 0 radical (unpaired) electrons. The zero-order valence-electron chi connectivity index (χ0n) is 17.0. The number of hydrogen-bond donors (Lipinski definition) is 2. The average Bonchev–Trinajstić information content (AvgIpc) is 3.31. The van der Waals surface area contributed by atoms with Crippen molar-refractivity contribution in [2.45, 2.75) is 50.2 Å². The lowest BCUT2D eigenvalue weighted by Crippen LogP contribution is -2.55. The molecule has 1 saturated heterocycles. The number of carbonyl (C=O) groups is 2. The predicted molar refractivity (Wildman–Crippen MR) is 113 cm³/mol. The summed E-state index contributed by atoms with van der Waals surface area (Å²) in [7, 11) is 2.15. The summed E-state index contributed by atoms with van der Waals surface area (Å²) in [6.07, 6.45) is 3.48. The van der Waals surface area contributed by atoms with Crippen LogP contribution in [-0.2, 0) is 29.0 Å². The van der Waals surface area contributed by atoms with Gasteiger partial charge in [0, 0.05) is 37.5 Å². The van der Waals surface area contributed by atoms with Gasteiger partial charge in [0.15, 0.2) is 0 Å². The number of amides is 2. The lowest BCUT2D eigenvalue weighted by atomic mass is 9.92. The van der Waals surface area contributed by atoms with Gasteiger partial charge < -0.3 is 10.6 Å². The van der Waals surface area contributed by atoms with Gasteiger partial charge in [-0.25, -0.2) is 0 Å². The number of nitrogens with zero attached hydrogens (tertiary/aromatic N) is 1. The van der Waals surface area contributed by atoms with Gasteiger partial charge in [-0.3, -0.25) is 14.5 Å². The molecule has 5 nitrogen and oxygen atoms in total. The van der Waals surface area contributed by atoms with Crippen LogP contribution in [0.15, 0.2) is 54.6 Å². The van der Waals surface area contributed by atoms with Crippen molar-refractivity contribution < 1.29 is 9.59 Å².